The van der Waals surface area contributed by atoms with Gasteiger partial charge in [0.25, 0.3) is 0 Å². The van der Waals surface area contributed by atoms with Crippen LogP contribution in [0.3, 0.4) is 0 Å². The van der Waals surface area contributed by atoms with Gasteiger partial charge in [0.15, 0.2) is 0 Å². The molecule has 0 spiro atoms. The first-order chi connectivity index (χ1) is 7.66. The maximum atomic E-state index is 5.89. The third kappa shape index (κ3) is 2.51. The molecule has 4 heteroatoms. The molecule has 0 amide bonds. The highest BCUT2D eigenvalue weighted by Crippen LogP contribution is 2.17. The maximum Gasteiger partial charge on any atom is 0.0772 e. The number of pyridine rings is 1. The van der Waals surface area contributed by atoms with Crippen LogP contribution in [0.25, 0.3) is 0 Å². The van der Waals surface area contributed by atoms with E-state index in [1.807, 2.05) is 18.3 Å². The molecule has 1 aliphatic heterocycles. The zero-order chi connectivity index (χ0) is 11.5. The van der Waals surface area contributed by atoms with E-state index in [1.54, 1.807) is 0 Å². The molecule has 1 aliphatic rings. The number of rotatable bonds is 3. The number of nitrogen functional groups attached to an aromatic ring is 1. The van der Waals surface area contributed by atoms with Crippen LogP contribution in [0.2, 0.25) is 0 Å². The molecular formula is C12H20N4. The van der Waals surface area contributed by atoms with E-state index in [1.165, 1.54) is 6.42 Å². The Hall–Kier alpha value is -1.13. The Morgan fingerprint density at radius 2 is 2.38 bits per heavy atom. The van der Waals surface area contributed by atoms with Crippen molar-refractivity contribution >= 4 is 5.69 Å². The average Bonchev–Trinajstić information content (AvgIpc) is 2.70. The fourth-order valence-electron chi connectivity index (χ4n) is 2.17. The summed E-state index contributed by atoms with van der Waals surface area (Å²) in [7, 11) is 4.28. The average molecular weight is 220 g/mol. The summed E-state index contributed by atoms with van der Waals surface area (Å²) in [5.74, 6) is 0. The standard InChI is InChI=1S/C12H20N4/c1-15(2)10-5-7-16(8-10)9-12-11(13)4-3-6-14-12/h3-4,6,10H,5,7-9,13H2,1-2H3. The molecule has 2 N–H and O–H groups in total. The number of likely N-dealkylation sites (tertiary alicyclic amines) is 1. The van der Waals surface area contributed by atoms with Crippen LogP contribution >= 0.6 is 0 Å². The minimum absolute atomic E-state index is 0.671. The van der Waals surface area contributed by atoms with Gasteiger partial charge in [0.05, 0.1) is 11.4 Å². The molecule has 0 aromatic carbocycles. The molecule has 1 saturated heterocycles. The first-order valence-corrected chi connectivity index (χ1v) is 5.75. The number of nitrogens with two attached hydrogens (primary N) is 1. The van der Waals surface area contributed by atoms with Crippen molar-refractivity contribution in [3.05, 3.63) is 24.0 Å². The van der Waals surface area contributed by atoms with Crippen molar-refractivity contribution in [2.75, 3.05) is 32.9 Å². The second-order valence-electron chi connectivity index (χ2n) is 4.68. The summed E-state index contributed by atoms with van der Waals surface area (Å²) in [5.41, 5.74) is 7.70. The SMILES string of the molecule is CN(C)C1CCN(Cc2ncccc2N)C1. The lowest BCUT2D eigenvalue weighted by Crippen LogP contribution is -2.31. The first kappa shape index (κ1) is 11.4. The lowest BCUT2D eigenvalue weighted by Gasteiger charge is -2.20. The van der Waals surface area contributed by atoms with Crippen LogP contribution in [-0.2, 0) is 6.54 Å². The molecule has 2 rings (SSSR count). The van der Waals surface area contributed by atoms with E-state index in [2.05, 4.69) is 28.9 Å². The molecule has 2 heterocycles. The Labute approximate surface area is 97.1 Å². The first-order valence-electron chi connectivity index (χ1n) is 5.75. The van der Waals surface area contributed by atoms with Gasteiger partial charge in [0.1, 0.15) is 0 Å². The van der Waals surface area contributed by atoms with Crippen molar-refractivity contribution in [3.8, 4) is 0 Å². The highest BCUT2D eigenvalue weighted by Gasteiger charge is 2.24. The molecule has 0 saturated carbocycles. The Kier molecular flexibility index (Phi) is 3.41. The minimum atomic E-state index is 0.671. The zero-order valence-corrected chi connectivity index (χ0v) is 10.1. The number of hydrogen-bond acceptors (Lipinski definition) is 4. The normalized spacial score (nSPS) is 21.8. The summed E-state index contributed by atoms with van der Waals surface area (Å²) in [5, 5.41) is 0. The third-order valence-electron chi connectivity index (χ3n) is 3.28. The molecule has 1 unspecified atom stereocenters. The molecule has 0 radical (unpaired) electrons. The fourth-order valence-corrected chi connectivity index (χ4v) is 2.17. The van der Waals surface area contributed by atoms with Crippen molar-refractivity contribution in [2.45, 2.75) is 19.0 Å². The van der Waals surface area contributed by atoms with Gasteiger partial charge in [-0.15, -0.1) is 0 Å². The van der Waals surface area contributed by atoms with Gasteiger partial charge in [-0.2, -0.15) is 0 Å². The minimum Gasteiger partial charge on any atom is -0.397 e. The molecule has 1 atom stereocenters. The summed E-state index contributed by atoms with van der Waals surface area (Å²) in [6.07, 6.45) is 3.05. The Bertz CT molecular complexity index is 351. The summed E-state index contributed by atoms with van der Waals surface area (Å²) >= 11 is 0. The van der Waals surface area contributed by atoms with Gasteiger partial charge in [-0.1, -0.05) is 0 Å². The summed E-state index contributed by atoms with van der Waals surface area (Å²) < 4.78 is 0. The van der Waals surface area contributed by atoms with Crippen LogP contribution < -0.4 is 5.73 Å². The molecule has 4 nitrogen and oxygen atoms in total. The topological polar surface area (TPSA) is 45.4 Å². The van der Waals surface area contributed by atoms with Gasteiger partial charge in [-0.3, -0.25) is 9.88 Å². The van der Waals surface area contributed by atoms with E-state index in [0.29, 0.717) is 6.04 Å². The molecule has 16 heavy (non-hydrogen) atoms. The quantitative estimate of drug-likeness (QED) is 0.818. The van der Waals surface area contributed by atoms with E-state index >= 15 is 0 Å². The van der Waals surface area contributed by atoms with Crippen molar-refractivity contribution in [1.29, 1.82) is 0 Å². The monoisotopic (exact) mass is 220 g/mol. The second kappa shape index (κ2) is 4.80. The molecule has 0 aliphatic carbocycles. The van der Waals surface area contributed by atoms with Gasteiger partial charge >= 0.3 is 0 Å². The fraction of sp³-hybridized carbons (Fsp3) is 0.583. The Balaban J connectivity index is 1.95. The predicted molar refractivity (Wildman–Crippen MR) is 66.0 cm³/mol. The van der Waals surface area contributed by atoms with E-state index in [9.17, 15) is 0 Å². The number of hydrogen-bond donors (Lipinski definition) is 1. The number of likely N-dealkylation sites (N-methyl/N-ethyl adjacent to an activating group) is 1. The number of nitrogens with zero attached hydrogens (tertiary/aromatic N) is 3. The lowest BCUT2D eigenvalue weighted by molar-refractivity contribution is 0.263. The van der Waals surface area contributed by atoms with Gasteiger partial charge in [0, 0.05) is 31.9 Å². The highest BCUT2D eigenvalue weighted by atomic mass is 15.2. The molecule has 1 aromatic heterocycles. The van der Waals surface area contributed by atoms with Crippen molar-refractivity contribution in [2.24, 2.45) is 0 Å². The van der Waals surface area contributed by atoms with Crippen molar-refractivity contribution < 1.29 is 0 Å². The van der Waals surface area contributed by atoms with E-state index in [4.69, 9.17) is 5.73 Å². The van der Waals surface area contributed by atoms with Gasteiger partial charge in [-0.25, -0.2) is 0 Å². The van der Waals surface area contributed by atoms with Crippen LogP contribution in [0.4, 0.5) is 5.69 Å². The van der Waals surface area contributed by atoms with Crippen LogP contribution in [-0.4, -0.2) is 48.0 Å². The molecule has 0 bridgehead atoms. The van der Waals surface area contributed by atoms with Crippen LogP contribution in [0.15, 0.2) is 18.3 Å². The van der Waals surface area contributed by atoms with Crippen LogP contribution in [0, 0.1) is 0 Å². The van der Waals surface area contributed by atoms with Gasteiger partial charge in [0.2, 0.25) is 0 Å². The summed E-state index contributed by atoms with van der Waals surface area (Å²) in [6.45, 7) is 3.12. The van der Waals surface area contributed by atoms with Crippen LogP contribution in [0.1, 0.15) is 12.1 Å². The molecule has 88 valence electrons. The van der Waals surface area contributed by atoms with E-state index < -0.39 is 0 Å². The third-order valence-corrected chi connectivity index (χ3v) is 3.28. The smallest absolute Gasteiger partial charge is 0.0772 e. The van der Waals surface area contributed by atoms with Crippen molar-refractivity contribution in [3.63, 3.8) is 0 Å². The predicted octanol–water partition coefficient (Wildman–Crippen LogP) is 0.800. The highest BCUT2D eigenvalue weighted by molar-refractivity contribution is 5.41. The van der Waals surface area contributed by atoms with Crippen molar-refractivity contribution in [1.82, 2.24) is 14.8 Å². The van der Waals surface area contributed by atoms with E-state index in [0.717, 1.165) is 31.0 Å². The molecule has 1 aromatic rings. The summed E-state index contributed by atoms with van der Waals surface area (Å²) in [4.78, 5) is 9.04. The largest absolute Gasteiger partial charge is 0.397 e. The lowest BCUT2D eigenvalue weighted by atomic mass is 10.2. The summed E-state index contributed by atoms with van der Waals surface area (Å²) in [6, 6.07) is 4.47. The molecule has 1 fully saturated rings. The Morgan fingerprint density at radius 3 is 3.00 bits per heavy atom. The zero-order valence-electron chi connectivity index (χ0n) is 10.1. The molecular weight excluding hydrogens is 200 g/mol. The Morgan fingerprint density at radius 1 is 1.56 bits per heavy atom. The van der Waals surface area contributed by atoms with Gasteiger partial charge < -0.3 is 10.6 Å². The number of anilines is 1. The second-order valence-corrected chi connectivity index (χ2v) is 4.68. The van der Waals surface area contributed by atoms with Gasteiger partial charge in [-0.05, 0) is 32.6 Å². The maximum absolute atomic E-state index is 5.89. The van der Waals surface area contributed by atoms with E-state index in [-0.39, 0.29) is 0 Å². The number of aromatic nitrogens is 1. The van der Waals surface area contributed by atoms with Crippen LogP contribution in [0.5, 0.6) is 0 Å².